The molecule has 0 fully saturated rings. The van der Waals surface area contributed by atoms with Gasteiger partial charge >= 0.3 is 0 Å². The molecule has 0 bridgehead atoms. The standard InChI is InChI=1S/C25H19N3OS/c1-2-4-18(5-3-1)19-6-8-20(9-7-19)29-17-25-27-23-11-10-22(16-24(23)28-25)30-21-12-14-26-15-13-21/h1-16H,17H2,(H,27,28). The third kappa shape index (κ3) is 4.21. The van der Waals surface area contributed by atoms with Crippen molar-refractivity contribution in [2.24, 2.45) is 0 Å². The van der Waals surface area contributed by atoms with Crippen LogP contribution in [0.15, 0.2) is 107 Å². The van der Waals surface area contributed by atoms with E-state index in [1.165, 1.54) is 11.1 Å². The van der Waals surface area contributed by atoms with Crippen molar-refractivity contribution in [3.63, 3.8) is 0 Å². The molecule has 2 aromatic heterocycles. The second-order valence-corrected chi connectivity index (χ2v) is 7.97. The van der Waals surface area contributed by atoms with Crippen molar-refractivity contribution in [2.45, 2.75) is 16.4 Å². The molecule has 2 heterocycles. The summed E-state index contributed by atoms with van der Waals surface area (Å²) in [4.78, 5) is 14.4. The summed E-state index contributed by atoms with van der Waals surface area (Å²) in [6.07, 6.45) is 3.61. The van der Waals surface area contributed by atoms with E-state index in [1.54, 1.807) is 24.2 Å². The van der Waals surface area contributed by atoms with Crippen molar-refractivity contribution in [2.75, 3.05) is 0 Å². The summed E-state index contributed by atoms with van der Waals surface area (Å²) >= 11 is 1.70. The minimum atomic E-state index is 0.395. The van der Waals surface area contributed by atoms with E-state index in [9.17, 15) is 0 Å². The van der Waals surface area contributed by atoms with Gasteiger partial charge < -0.3 is 9.72 Å². The van der Waals surface area contributed by atoms with Crippen molar-refractivity contribution in [1.29, 1.82) is 0 Å². The summed E-state index contributed by atoms with van der Waals surface area (Å²) in [6.45, 7) is 0.395. The average Bonchev–Trinajstić information content (AvgIpc) is 3.22. The Balaban J connectivity index is 1.26. The Morgan fingerprint density at radius 2 is 1.53 bits per heavy atom. The summed E-state index contributed by atoms with van der Waals surface area (Å²) < 4.78 is 5.93. The molecule has 0 saturated carbocycles. The Bertz CT molecular complexity index is 1250. The van der Waals surface area contributed by atoms with E-state index >= 15 is 0 Å². The molecule has 146 valence electrons. The van der Waals surface area contributed by atoms with Gasteiger partial charge in [0.15, 0.2) is 0 Å². The highest BCUT2D eigenvalue weighted by Crippen LogP contribution is 2.29. The Hall–Kier alpha value is -3.57. The van der Waals surface area contributed by atoms with E-state index in [-0.39, 0.29) is 0 Å². The predicted octanol–water partition coefficient (Wildman–Crippen LogP) is 6.36. The van der Waals surface area contributed by atoms with Gasteiger partial charge in [-0.15, -0.1) is 0 Å². The van der Waals surface area contributed by atoms with Gasteiger partial charge in [0.05, 0.1) is 11.0 Å². The minimum Gasteiger partial charge on any atom is -0.486 e. The van der Waals surface area contributed by atoms with Crippen LogP contribution >= 0.6 is 11.8 Å². The molecule has 5 rings (SSSR count). The fourth-order valence-electron chi connectivity index (χ4n) is 3.24. The first-order valence-corrected chi connectivity index (χ1v) is 10.5. The van der Waals surface area contributed by atoms with E-state index < -0.39 is 0 Å². The molecule has 0 aliphatic heterocycles. The molecule has 30 heavy (non-hydrogen) atoms. The van der Waals surface area contributed by atoms with E-state index in [2.05, 4.69) is 51.4 Å². The van der Waals surface area contributed by atoms with Crippen LogP contribution in [0.4, 0.5) is 0 Å². The monoisotopic (exact) mass is 409 g/mol. The number of aromatic amines is 1. The normalized spacial score (nSPS) is 10.9. The van der Waals surface area contributed by atoms with Gasteiger partial charge in [-0.05, 0) is 53.6 Å². The van der Waals surface area contributed by atoms with E-state index in [4.69, 9.17) is 4.74 Å². The van der Waals surface area contributed by atoms with Crippen LogP contribution in [0, 0.1) is 0 Å². The maximum Gasteiger partial charge on any atom is 0.146 e. The van der Waals surface area contributed by atoms with E-state index in [0.717, 1.165) is 32.4 Å². The maximum atomic E-state index is 5.93. The van der Waals surface area contributed by atoms with E-state index in [1.807, 2.05) is 48.5 Å². The van der Waals surface area contributed by atoms with Gasteiger partial charge in [-0.3, -0.25) is 4.98 Å². The molecule has 0 spiro atoms. The van der Waals surface area contributed by atoms with Crippen LogP contribution in [0.5, 0.6) is 5.75 Å². The lowest BCUT2D eigenvalue weighted by molar-refractivity contribution is 0.297. The van der Waals surface area contributed by atoms with Gasteiger partial charge in [0.1, 0.15) is 18.2 Å². The predicted molar refractivity (Wildman–Crippen MR) is 121 cm³/mol. The summed E-state index contributed by atoms with van der Waals surface area (Å²) in [6, 6.07) is 28.7. The summed E-state index contributed by atoms with van der Waals surface area (Å²) in [5.74, 6) is 1.63. The first-order chi connectivity index (χ1) is 14.8. The number of hydrogen-bond acceptors (Lipinski definition) is 4. The van der Waals surface area contributed by atoms with Gasteiger partial charge in [0.25, 0.3) is 0 Å². The Morgan fingerprint density at radius 3 is 2.33 bits per heavy atom. The van der Waals surface area contributed by atoms with Crippen molar-refractivity contribution in [3.05, 3.63) is 103 Å². The first-order valence-electron chi connectivity index (χ1n) is 9.68. The first kappa shape index (κ1) is 18.5. The minimum absolute atomic E-state index is 0.395. The highest BCUT2D eigenvalue weighted by Gasteiger charge is 2.06. The quantitative estimate of drug-likeness (QED) is 0.355. The van der Waals surface area contributed by atoms with Gasteiger partial charge in [0.2, 0.25) is 0 Å². The second-order valence-electron chi connectivity index (χ2n) is 6.83. The molecule has 0 unspecified atom stereocenters. The van der Waals surface area contributed by atoms with Crippen LogP contribution in [0.25, 0.3) is 22.2 Å². The van der Waals surface area contributed by atoms with Crippen LogP contribution in [-0.2, 0) is 6.61 Å². The van der Waals surface area contributed by atoms with Crippen LogP contribution in [0.1, 0.15) is 5.82 Å². The molecule has 0 atom stereocenters. The topological polar surface area (TPSA) is 50.8 Å². The molecule has 1 N–H and O–H groups in total. The second kappa shape index (κ2) is 8.43. The van der Waals surface area contributed by atoms with Gasteiger partial charge in [-0.2, -0.15) is 0 Å². The molecule has 0 aliphatic rings. The van der Waals surface area contributed by atoms with E-state index in [0.29, 0.717) is 6.61 Å². The zero-order valence-electron chi connectivity index (χ0n) is 16.2. The number of benzene rings is 3. The van der Waals surface area contributed by atoms with Gasteiger partial charge in [-0.25, -0.2) is 4.98 Å². The molecule has 0 saturated heterocycles. The summed E-state index contributed by atoms with van der Waals surface area (Å²) in [5, 5.41) is 0. The fraction of sp³-hybridized carbons (Fsp3) is 0.0400. The van der Waals surface area contributed by atoms with Crippen LogP contribution < -0.4 is 4.74 Å². The Labute approximate surface area is 179 Å². The Morgan fingerprint density at radius 1 is 0.767 bits per heavy atom. The number of nitrogens with zero attached hydrogens (tertiary/aromatic N) is 2. The van der Waals surface area contributed by atoms with Crippen molar-refractivity contribution < 1.29 is 4.74 Å². The van der Waals surface area contributed by atoms with Crippen LogP contribution in [0.2, 0.25) is 0 Å². The SMILES string of the molecule is c1ccc(-c2ccc(OCc3nc4ccc(Sc5ccncc5)cc4[nH]3)cc2)cc1. The average molecular weight is 410 g/mol. The zero-order valence-corrected chi connectivity index (χ0v) is 17.0. The molecule has 0 radical (unpaired) electrons. The molecule has 0 aliphatic carbocycles. The lowest BCUT2D eigenvalue weighted by Crippen LogP contribution is -1.97. The molecular formula is C25H19N3OS. The number of H-pyrrole nitrogens is 1. The van der Waals surface area contributed by atoms with Crippen LogP contribution in [-0.4, -0.2) is 15.0 Å². The number of nitrogens with one attached hydrogen (secondary N) is 1. The zero-order chi connectivity index (χ0) is 20.2. The number of ether oxygens (including phenoxy) is 1. The molecule has 3 aromatic carbocycles. The third-order valence-corrected chi connectivity index (χ3v) is 5.72. The summed E-state index contributed by atoms with van der Waals surface area (Å²) in [5.41, 5.74) is 4.31. The van der Waals surface area contributed by atoms with Gasteiger partial charge in [-0.1, -0.05) is 54.2 Å². The lowest BCUT2D eigenvalue weighted by Gasteiger charge is -2.06. The molecule has 0 amide bonds. The Kier molecular flexibility index (Phi) is 5.19. The smallest absolute Gasteiger partial charge is 0.146 e. The largest absolute Gasteiger partial charge is 0.486 e. The number of pyridine rings is 1. The maximum absolute atomic E-state index is 5.93. The lowest BCUT2D eigenvalue weighted by atomic mass is 10.1. The third-order valence-electron chi connectivity index (χ3n) is 4.72. The number of hydrogen-bond donors (Lipinski definition) is 1. The van der Waals surface area contributed by atoms with Crippen molar-refractivity contribution >= 4 is 22.8 Å². The van der Waals surface area contributed by atoms with Crippen molar-refractivity contribution in [1.82, 2.24) is 15.0 Å². The number of rotatable bonds is 6. The molecule has 5 aromatic rings. The number of imidazole rings is 1. The van der Waals surface area contributed by atoms with Gasteiger partial charge in [0, 0.05) is 22.2 Å². The van der Waals surface area contributed by atoms with Crippen molar-refractivity contribution in [3.8, 4) is 16.9 Å². The summed E-state index contributed by atoms with van der Waals surface area (Å²) in [7, 11) is 0. The highest BCUT2D eigenvalue weighted by molar-refractivity contribution is 7.99. The van der Waals surface area contributed by atoms with Crippen LogP contribution in [0.3, 0.4) is 0 Å². The molecular weight excluding hydrogens is 390 g/mol. The fourth-order valence-corrected chi connectivity index (χ4v) is 4.08. The highest BCUT2D eigenvalue weighted by atomic mass is 32.2. The number of fused-ring (bicyclic) bond motifs is 1. The molecule has 4 nitrogen and oxygen atoms in total. The molecule has 5 heteroatoms. The number of aromatic nitrogens is 3.